The number of hydrogen-bond donors (Lipinski definition) is 2. The van der Waals surface area contributed by atoms with Crippen LogP contribution in [0.15, 0.2) is 54.7 Å². The number of nitrogens with zero attached hydrogens (tertiary/aromatic N) is 2. The summed E-state index contributed by atoms with van der Waals surface area (Å²) in [5.41, 5.74) is 1.55. The second-order valence-corrected chi connectivity index (χ2v) is 8.55. The number of urea groups is 1. The monoisotopic (exact) mass is 394 g/mol. The Balaban J connectivity index is 1.63. The molecule has 1 aliphatic heterocycles. The van der Waals surface area contributed by atoms with E-state index in [1.165, 1.54) is 0 Å². The number of rotatable bonds is 4. The molecule has 1 aliphatic rings. The van der Waals surface area contributed by atoms with Crippen LogP contribution in [0.1, 0.15) is 50.9 Å². The highest BCUT2D eigenvalue weighted by Gasteiger charge is 2.30. The summed E-state index contributed by atoms with van der Waals surface area (Å²) in [6.07, 6.45) is 3.06. The number of pyridine rings is 1. The van der Waals surface area contributed by atoms with E-state index in [-0.39, 0.29) is 29.4 Å². The molecule has 1 aromatic heterocycles. The van der Waals surface area contributed by atoms with Gasteiger partial charge in [0.25, 0.3) is 0 Å². The molecule has 1 atom stereocenters. The maximum atomic E-state index is 13.0. The first kappa shape index (κ1) is 20.8. The first-order valence-corrected chi connectivity index (χ1v) is 10.2. The molecule has 6 nitrogen and oxygen atoms in total. The topological polar surface area (TPSA) is 74.3 Å². The number of hydrogen-bond acceptors (Lipinski definition) is 3. The summed E-state index contributed by atoms with van der Waals surface area (Å²) in [4.78, 5) is 31.6. The summed E-state index contributed by atoms with van der Waals surface area (Å²) in [5.74, 6) is -0.0935. The molecule has 2 aromatic rings. The van der Waals surface area contributed by atoms with Crippen LogP contribution in [0.2, 0.25) is 0 Å². The second kappa shape index (κ2) is 9.07. The number of amides is 3. The minimum atomic E-state index is -0.285. The molecule has 2 heterocycles. The van der Waals surface area contributed by atoms with E-state index in [0.717, 1.165) is 11.3 Å². The Hall–Kier alpha value is -2.89. The molecule has 1 saturated heterocycles. The number of likely N-dealkylation sites (tertiary alicyclic amines) is 1. The third-order valence-corrected chi connectivity index (χ3v) is 5.04. The van der Waals surface area contributed by atoms with Gasteiger partial charge in [0.05, 0.1) is 11.7 Å². The molecule has 1 unspecified atom stereocenters. The van der Waals surface area contributed by atoms with Gasteiger partial charge in [-0.15, -0.1) is 0 Å². The predicted molar refractivity (Wildman–Crippen MR) is 113 cm³/mol. The van der Waals surface area contributed by atoms with Crippen LogP contribution < -0.4 is 10.6 Å². The zero-order valence-electron chi connectivity index (χ0n) is 17.4. The van der Waals surface area contributed by atoms with Crippen LogP contribution in [0.5, 0.6) is 0 Å². The summed E-state index contributed by atoms with van der Waals surface area (Å²) >= 11 is 0. The van der Waals surface area contributed by atoms with Crippen molar-refractivity contribution in [2.24, 2.45) is 5.92 Å². The lowest BCUT2D eigenvalue weighted by molar-refractivity contribution is -0.126. The molecule has 3 rings (SSSR count). The maximum Gasteiger partial charge on any atom is 0.317 e. The number of aromatic nitrogens is 1. The first-order valence-electron chi connectivity index (χ1n) is 10.2. The van der Waals surface area contributed by atoms with Gasteiger partial charge in [-0.3, -0.25) is 9.78 Å². The fourth-order valence-corrected chi connectivity index (χ4v) is 3.52. The molecule has 0 saturated carbocycles. The van der Waals surface area contributed by atoms with E-state index in [0.29, 0.717) is 25.9 Å². The fraction of sp³-hybridized carbons (Fsp3) is 0.435. The molecule has 3 amide bonds. The van der Waals surface area contributed by atoms with Gasteiger partial charge < -0.3 is 15.5 Å². The van der Waals surface area contributed by atoms with E-state index in [1.54, 1.807) is 11.1 Å². The molecule has 0 bridgehead atoms. The summed E-state index contributed by atoms with van der Waals surface area (Å²) in [6.45, 7) is 7.06. The van der Waals surface area contributed by atoms with Crippen LogP contribution in [0, 0.1) is 5.92 Å². The molecule has 6 heteroatoms. The first-order chi connectivity index (χ1) is 13.8. The minimum Gasteiger partial charge on any atom is -0.343 e. The summed E-state index contributed by atoms with van der Waals surface area (Å²) in [6, 6.07) is 15.3. The lowest BCUT2D eigenvalue weighted by Gasteiger charge is -2.34. The zero-order valence-corrected chi connectivity index (χ0v) is 17.4. The third-order valence-electron chi connectivity index (χ3n) is 5.04. The Labute approximate surface area is 172 Å². The van der Waals surface area contributed by atoms with E-state index < -0.39 is 0 Å². The van der Waals surface area contributed by atoms with E-state index in [9.17, 15) is 9.59 Å². The van der Waals surface area contributed by atoms with Crippen molar-refractivity contribution in [3.05, 3.63) is 66.0 Å². The normalized spacial score (nSPS) is 16.2. The largest absolute Gasteiger partial charge is 0.343 e. The van der Waals surface area contributed by atoms with Crippen molar-refractivity contribution in [3.8, 4) is 0 Å². The van der Waals surface area contributed by atoms with Gasteiger partial charge in [0.15, 0.2) is 0 Å². The average molecular weight is 395 g/mol. The Kier molecular flexibility index (Phi) is 6.52. The van der Waals surface area contributed by atoms with Gasteiger partial charge in [0.1, 0.15) is 0 Å². The standard InChI is InChI=1S/C23H30N4O2/c1-23(2,3)26-22(29)27-15-12-18(13-16-27)21(28)25-20(17-9-5-4-6-10-17)19-11-7-8-14-24-19/h4-11,14,18,20H,12-13,15-16H2,1-3H3,(H,25,28)(H,26,29). The second-order valence-electron chi connectivity index (χ2n) is 8.55. The lowest BCUT2D eigenvalue weighted by Crippen LogP contribution is -2.51. The van der Waals surface area contributed by atoms with Crippen molar-refractivity contribution in [2.45, 2.75) is 45.2 Å². The zero-order chi connectivity index (χ0) is 20.9. The van der Waals surface area contributed by atoms with Crippen LogP contribution in [0.3, 0.4) is 0 Å². The van der Waals surface area contributed by atoms with Crippen molar-refractivity contribution < 1.29 is 9.59 Å². The molecule has 0 radical (unpaired) electrons. The molecule has 1 fully saturated rings. The van der Waals surface area contributed by atoms with Gasteiger partial charge in [-0.2, -0.15) is 0 Å². The number of nitrogens with one attached hydrogen (secondary N) is 2. The van der Waals surface area contributed by atoms with Gasteiger partial charge in [-0.25, -0.2) is 4.79 Å². The third kappa shape index (κ3) is 5.79. The number of carbonyl (C=O) groups excluding carboxylic acids is 2. The van der Waals surface area contributed by atoms with Crippen molar-refractivity contribution in [1.29, 1.82) is 0 Å². The van der Waals surface area contributed by atoms with Gasteiger partial charge in [-0.05, 0) is 51.3 Å². The predicted octanol–water partition coefficient (Wildman–Crippen LogP) is 3.51. The van der Waals surface area contributed by atoms with Gasteiger partial charge >= 0.3 is 6.03 Å². The van der Waals surface area contributed by atoms with Gasteiger partial charge in [0.2, 0.25) is 5.91 Å². The summed E-state index contributed by atoms with van der Waals surface area (Å²) in [7, 11) is 0. The Morgan fingerprint density at radius 1 is 1.03 bits per heavy atom. The molecule has 0 aliphatic carbocycles. The van der Waals surface area contributed by atoms with E-state index in [1.807, 2.05) is 69.3 Å². The molecule has 0 spiro atoms. The van der Waals surface area contributed by atoms with Crippen molar-refractivity contribution in [2.75, 3.05) is 13.1 Å². The molecular weight excluding hydrogens is 364 g/mol. The average Bonchev–Trinajstić information content (AvgIpc) is 2.72. The lowest BCUT2D eigenvalue weighted by atomic mass is 9.94. The summed E-state index contributed by atoms with van der Waals surface area (Å²) < 4.78 is 0. The van der Waals surface area contributed by atoms with Crippen molar-refractivity contribution >= 4 is 11.9 Å². The van der Waals surface area contributed by atoms with Crippen LogP contribution in [-0.4, -0.2) is 40.5 Å². The van der Waals surface area contributed by atoms with Crippen LogP contribution in [0.4, 0.5) is 4.79 Å². The molecule has 29 heavy (non-hydrogen) atoms. The highest BCUT2D eigenvalue weighted by Crippen LogP contribution is 2.23. The SMILES string of the molecule is CC(C)(C)NC(=O)N1CCC(C(=O)NC(c2ccccc2)c2ccccn2)CC1. The fourth-order valence-electron chi connectivity index (χ4n) is 3.52. The van der Waals surface area contributed by atoms with E-state index in [4.69, 9.17) is 0 Å². The highest BCUT2D eigenvalue weighted by molar-refractivity contribution is 5.80. The van der Waals surface area contributed by atoms with Crippen molar-refractivity contribution in [1.82, 2.24) is 20.5 Å². The smallest absolute Gasteiger partial charge is 0.317 e. The Bertz CT molecular complexity index is 770. The maximum absolute atomic E-state index is 13.0. The number of carbonyl (C=O) groups is 2. The van der Waals surface area contributed by atoms with Gasteiger partial charge in [-0.1, -0.05) is 36.4 Å². The molecular formula is C23H30N4O2. The van der Waals surface area contributed by atoms with E-state index >= 15 is 0 Å². The Morgan fingerprint density at radius 3 is 2.28 bits per heavy atom. The highest BCUT2D eigenvalue weighted by atomic mass is 16.2. The van der Waals surface area contributed by atoms with E-state index in [2.05, 4.69) is 15.6 Å². The van der Waals surface area contributed by atoms with Crippen LogP contribution in [-0.2, 0) is 4.79 Å². The van der Waals surface area contributed by atoms with Crippen LogP contribution in [0.25, 0.3) is 0 Å². The molecule has 2 N–H and O–H groups in total. The quantitative estimate of drug-likeness (QED) is 0.833. The van der Waals surface area contributed by atoms with Crippen molar-refractivity contribution in [3.63, 3.8) is 0 Å². The number of piperidine rings is 1. The van der Waals surface area contributed by atoms with Gasteiger partial charge in [0, 0.05) is 30.7 Å². The number of benzene rings is 1. The molecule has 154 valence electrons. The summed E-state index contributed by atoms with van der Waals surface area (Å²) in [5, 5.41) is 6.17. The minimum absolute atomic E-state index is 0.0142. The molecule has 1 aromatic carbocycles. The Morgan fingerprint density at radius 2 is 1.69 bits per heavy atom. The van der Waals surface area contributed by atoms with Crippen LogP contribution >= 0.6 is 0 Å².